The smallest absolute Gasteiger partial charge is 0.338 e. The average Bonchev–Trinajstić information content (AvgIpc) is 3.47. The zero-order chi connectivity index (χ0) is 30.2. The average molecular weight is 580 g/mol. The van der Waals surface area contributed by atoms with E-state index in [0.717, 1.165) is 0 Å². The predicted molar refractivity (Wildman–Crippen MR) is 153 cm³/mol. The first kappa shape index (κ1) is 30.2. The van der Waals surface area contributed by atoms with E-state index in [1.807, 2.05) is 0 Å². The molecule has 0 amide bonds. The number of nitrogens with zero attached hydrogens (tertiary/aromatic N) is 4. The lowest BCUT2D eigenvalue weighted by Crippen LogP contribution is -2.53. The van der Waals surface area contributed by atoms with E-state index in [2.05, 4.69) is 50.0 Å². The Labute approximate surface area is 240 Å². The fourth-order valence-corrected chi connectivity index (χ4v) is 5.62. The van der Waals surface area contributed by atoms with E-state index in [1.165, 1.54) is 6.33 Å². The van der Waals surface area contributed by atoms with Crippen molar-refractivity contribution in [3.05, 3.63) is 60.0 Å². The van der Waals surface area contributed by atoms with Gasteiger partial charge in [0.2, 0.25) is 5.60 Å². The van der Waals surface area contributed by atoms with Crippen LogP contribution in [0.4, 0.5) is 5.82 Å². The Morgan fingerprint density at radius 2 is 1.88 bits per heavy atom. The van der Waals surface area contributed by atoms with Gasteiger partial charge in [0.05, 0.1) is 17.2 Å². The molecule has 0 bridgehead atoms. The van der Waals surface area contributed by atoms with Gasteiger partial charge in [0.1, 0.15) is 36.7 Å². The highest BCUT2D eigenvalue weighted by molar-refractivity contribution is 6.74. The summed E-state index contributed by atoms with van der Waals surface area (Å²) < 4.78 is 26.6. The minimum atomic E-state index is -2.55. The van der Waals surface area contributed by atoms with Gasteiger partial charge >= 0.3 is 11.9 Å². The van der Waals surface area contributed by atoms with Crippen molar-refractivity contribution < 1.29 is 28.2 Å². The molecule has 0 unspecified atom stereocenters. The topological polar surface area (TPSA) is 151 Å². The number of anilines is 1. The number of nitrogen functional groups attached to an aromatic ring is 1. The van der Waals surface area contributed by atoms with Gasteiger partial charge in [-0.1, -0.05) is 52.8 Å². The summed E-state index contributed by atoms with van der Waals surface area (Å²) in [4.78, 5) is 30.0. The molecular formula is C29H37N5O6Si. The number of aromatic nitrogens is 3. The number of hydrogen-bond acceptors (Lipinski definition) is 10. The van der Waals surface area contributed by atoms with Crippen LogP contribution in [0.25, 0.3) is 5.52 Å². The molecule has 4 rings (SSSR count). The van der Waals surface area contributed by atoms with E-state index in [-0.39, 0.29) is 10.9 Å². The fourth-order valence-electron chi connectivity index (χ4n) is 4.33. The molecule has 12 heteroatoms. The first-order valence-corrected chi connectivity index (χ1v) is 16.4. The molecule has 2 aromatic heterocycles. The van der Waals surface area contributed by atoms with E-state index in [9.17, 15) is 14.9 Å². The second-order valence-corrected chi connectivity index (χ2v) is 16.8. The van der Waals surface area contributed by atoms with Crippen LogP contribution in [0.3, 0.4) is 0 Å². The molecule has 0 aliphatic carbocycles. The molecule has 11 nitrogen and oxygen atoms in total. The number of nitriles is 1. The molecule has 3 heterocycles. The molecule has 0 radical (unpaired) electrons. The van der Waals surface area contributed by atoms with Crippen molar-refractivity contribution in [2.75, 3.05) is 12.3 Å². The number of rotatable bonds is 8. The Morgan fingerprint density at radius 1 is 1.20 bits per heavy atom. The van der Waals surface area contributed by atoms with Gasteiger partial charge in [-0.05, 0) is 42.4 Å². The number of benzene rings is 1. The van der Waals surface area contributed by atoms with Gasteiger partial charge in [-0.2, -0.15) is 10.4 Å². The summed E-state index contributed by atoms with van der Waals surface area (Å²) in [6.07, 6.45) is -1.77. The maximum Gasteiger partial charge on any atom is 0.338 e. The van der Waals surface area contributed by atoms with Crippen LogP contribution in [-0.4, -0.2) is 59.3 Å². The monoisotopic (exact) mass is 579 g/mol. The van der Waals surface area contributed by atoms with E-state index >= 15 is 0 Å². The number of ether oxygens (including phenoxy) is 3. The number of nitrogens with two attached hydrogens (primary N) is 1. The molecule has 0 saturated carbocycles. The minimum absolute atomic E-state index is 0.227. The van der Waals surface area contributed by atoms with E-state index in [4.69, 9.17) is 24.4 Å². The van der Waals surface area contributed by atoms with Crippen molar-refractivity contribution in [3.63, 3.8) is 0 Å². The predicted octanol–water partition coefficient (Wildman–Crippen LogP) is 4.46. The lowest BCUT2D eigenvalue weighted by molar-refractivity contribution is -0.164. The summed E-state index contributed by atoms with van der Waals surface area (Å²) in [7, 11) is -2.55. The van der Waals surface area contributed by atoms with Gasteiger partial charge in [0, 0.05) is 0 Å². The number of carbonyl (C=O) groups excluding carboxylic acids is 2. The molecule has 218 valence electrons. The quantitative estimate of drug-likeness (QED) is 0.299. The van der Waals surface area contributed by atoms with Gasteiger partial charge in [-0.3, -0.25) is 4.79 Å². The van der Waals surface area contributed by atoms with Crippen molar-refractivity contribution >= 4 is 31.6 Å². The van der Waals surface area contributed by atoms with Crippen LogP contribution >= 0.6 is 0 Å². The van der Waals surface area contributed by atoms with E-state index in [0.29, 0.717) is 16.8 Å². The highest BCUT2D eigenvalue weighted by Crippen LogP contribution is 2.48. The SMILES string of the molecule is CC(C)C(=O)O[C@H]1[C@@H](O[Si](C)(C)C(C)(C)C)[C@H](c2ccc3c(N)ncnn23)O[C@]1(C#N)COC(=O)c1ccccc1. The van der Waals surface area contributed by atoms with Crippen LogP contribution in [0.2, 0.25) is 18.1 Å². The second-order valence-electron chi connectivity index (χ2n) is 12.0. The molecule has 0 spiro atoms. The number of carbonyl (C=O) groups is 2. The number of hydrogen-bond donors (Lipinski definition) is 1. The third-order valence-corrected chi connectivity index (χ3v) is 12.2. The standard InChI is InChI=1S/C29H37N5O6Si/c1-18(2)26(35)38-24-23(40-41(6,7)28(3,4)5)22(20-13-14-21-25(31)32-17-33-34(20)21)39-29(24,15-30)16-37-27(36)19-11-9-8-10-12-19/h8-14,17-18,22-24H,16H2,1-7H3,(H2,31,32,33)/t22-,23-,24-,29+/m0/s1. The van der Waals surface area contributed by atoms with Crippen LogP contribution < -0.4 is 5.73 Å². The molecular weight excluding hydrogens is 542 g/mol. The first-order valence-electron chi connectivity index (χ1n) is 13.5. The van der Waals surface area contributed by atoms with Crippen molar-refractivity contribution in [2.24, 2.45) is 5.92 Å². The Hall–Kier alpha value is -3.79. The Balaban J connectivity index is 1.83. The normalized spacial score (nSPS) is 23.0. The fraction of sp³-hybridized carbons (Fsp3) is 0.483. The van der Waals surface area contributed by atoms with Crippen LogP contribution in [0, 0.1) is 17.2 Å². The van der Waals surface area contributed by atoms with Gasteiger partial charge < -0.3 is 24.4 Å². The van der Waals surface area contributed by atoms with Crippen molar-refractivity contribution in [2.45, 2.75) is 76.7 Å². The zero-order valence-electron chi connectivity index (χ0n) is 24.5. The maximum absolute atomic E-state index is 13.0. The van der Waals surface area contributed by atoms with Crippen LogP contribution in [-0.2, 0) is 23.4 Å². The van der Waals surface area contributed by atoms with E-state index < -0.39 is 56.7 Å². The lowest BCUT2D eigenvalue weighted by atomic mass is 9.95. The number of esters is 2. The van der Waals surface area contributed by atoms with Crippen LogP contribution in [0.15, 0.2) is 48.8 Å². The molecule has 1 aliphatic heterocycles. The highest BCUT2D eigenvalue weighted by Gasteiger charge is 2.62. The molecule has 2 N–H and O–H groups in total. The second kappa shape index (κ2) is 11.2. The van der Waals surface area contributed by atoms with Gasteiger partial charge in [-0.25, -0.2) is 14.3 Å². The van der Waals surface area contributed by atoms with Gasteiger partial charge in [0.15, 0.2) is 20.2 Å². The Morgan fingerprint density at radius 3 is 2.49 bits per heavy atom. The molecule has 1 fully saturated rings. The lowest BCUT2D eigenvalue weighted by Gasteiger charge is -2.40. The summed E-state index contributed by atoms with van der Waals surface area (Å²) in [6, 6.07) is 14.1. The zero-order valence-corrected chi connectivity index (χ0v) is 25.5. The number of fused-ring (bicyclic) bond motifs is 1. The molecule has 1 aliphatic rings. The molecule has 4 atom stereocenters. The largest absolute Gasteiger partial charge is 0.458 e. The third-order valence-electron chi connectivity index (χ3n) is 7.76. The maximum atomic E-state index is 13.0. The van der Waals surface area contributed by atoms with Crippen molar-refractivity contribution in [1.29, 1.82) is 5.26 Å². The molecule has 1 aromatic carbocycles. The molecule has 1 saturated heterocycles. The van der Waals surface area contributed by atoms with Crippen LogP contribution in [0.5, 0.6) is 0 Å². The summed E-state index contributed by atoms with van der Waals surface area (Å²) in [5.41, 5.74) is 5.58. The highest BCUT2D eigenvalue weighted by atomic mass is 28.4. The third kappa shape index (κ3) is 5.84. The summed E-state index contributed by atoms with van der Waals surface area (Å²) >= 11 is 0. The van der Waals surface area contributed by atoms with Crippen LogP contribution in [0.1, 0.15) is 56.8 Å². The van der Waals surface area contributed by atoms with Gasteiger partial charge in [-0.15, -0.1) is 0 Å². The Kier molecular flexibility index (Phi) is 8.27. The summed E-state index contributed by atoms with van der Waals surface area (Å²) in [5.74, 6) is -1.41. The molecule has 41 heavy (non-hydrogen) atoms. The summed E-state index contributed by atoms with van der Waals surface area (Å²) in [5, 5.41) is 14.7. The van der Waals surface area contributed by atoms with Crippen molar-refractivity contribution in [3.8, 4) is 6.07 Å². The summed E-state index contributed by atoms with van der Waals surface area (Å²) in [6.45, 7) is 13.3. The van der Waals surface area contributed by atoms with Gasteiger partial charge in [0.25, 0.3) is 0 Å². The first-order chi connectivity index (χ1) is 19.2. The van der Waals surface area contributed by atoms with Crippen molar-refractivity contribution in [1.82, 2.24) is 14.6 Å². The molecule has 3 aromatic rings. The van der Waals surface area contributed by atoms with E-state index in [1.54, 1.807) is 60.8 Å². The minimum Gasteiger partial charge on any atom is -0.458 e. The Bertz CT molecular complexity index is 1460.